The van der Waals surface area contributed by atoms with Crippen LogP contribution in [0.15, 0.2) is 30.3 Å². The molecule has 0 saturated heterocycles. The molecule has 0 spiro atoms. The monoisotopic (exact) mass is 479 g/mol. The number of hydrogen-bond acceptors (Lipinski definition) is 1. The molecule has 0 saturated carbocycles. The smallest absolute Gasteiger partial charge is 0.326 e. The zero-order valence-electron chi connectivity index (χ0n) is 14.8. The van der Waals surface area contributed by atoms with Gasteiger partial charge in [0.1, 0.15) is 0 Å². The highest BCUT2D eigenvalue weighted by molar-refractivity contribution is 5.88. The lowest BCUT2D eigenvalue weighted by Crippen LogP contribution is -2.69. The van der Waals surface area contributed by atoms with Gasteiger partial charge in [0.05, 0.1) is 0 Å². The van der Waals surface area contributed by atoms with Crippen LogP contribution in [0.4, 0.5) is 62.8 Å². The summed E-state index contributed by atoms with van der Waals surface area (Å²) in [6.07, 6.45) is -8.51. The van der Waals surface area contributed by atoms with Crippen LogP contribution in [-0.4, -0.2) is 41.7 Å². The Balaban J connectivity index is 3.30. The zero-order valence-corrected chi connectivity index (χ0v) is 14.8. The second-order valence-electron chi connectivity index (χ2n) is 6.05. The summed E-state index contributed by atoms with van der Waals surface area (Å²) in [5, 5.41) is 2.21. The highest BCUT2D eigenvalue weighted by Gasteiger charge is 2.90. The molecule has 1 aromatic rings. The maximum Gasteiger partial charge on any atom is 0.460 e. The Morgan fingerprint density at radius 2 is 1.13 bits per heavy atom. The summed E-state index contributed by atoms with van der Waals surface area (Å²) in [6, 6.07) is 3.81. The van der Waals surface area contributed by atoms with E-state index in [2.05, 4.69) is 5.32 Å². The third-order valence-corrected chi connectivity index (χ3v) is 3.67. The van der Waals surface area contributed by atoms with Crippen molar-refractivity contribution in [2.45, 2.75) is 42.7 Å². The first-order chi connectivity index (χ1) is 13.6. The molecule has 1 amide bonds. The highest BCUT2D eigenvalue weighted by atomic mass is 19.4. The van der Waals surface area contributed by atoms with Crippen molar-refractivity contribution in [3.8, 4) is 0 Å². The lowest BCUT2D eigenvalue weighted by atomic mass is 9.93. The maximum atomic E-state index is 13.6. The van der Waals surface area contributed by atoms with Crippen LogP contribution in [0.25, 0.3) is 6.08 Å². The second kappa shape index (κ2) is 7.89. The SMILES string of the molecule is CC(=O)Nc1ccc(/C=C/C(F)(F)C(F)(F)C(F)(F)C(F)(F)C(F)(F)C(F)(F)F)cc1. The summed E-state index contributed by atoms with van der Waals surface area (Å²) < 4.78 is 169. The molecule has 0 aliphatic carbocycles. The molecule has 0 heterocycles. The van der Waals surface area contributed by atoms with Crippen LogP contribution in [0.5, 0.6) is 0 Å². The Morgan fingerprint density at radius 3 is 1.52 bits per heavy atom. The predicted octanol–water partition coefficient (Wildman–Crippen LogP) is 6.40. The minimum atomic E-state index is -7.93. The van der Waals surface area contributed by atoms with Gasteiger partial charge < -0.3 is 5.32 Å². The summed E-state index contributed by atoms with van der Waals surface area (Å²) in [5.74, 6) is -37.7. The zero-order chi connectivity index (χ0) is 24.7. The normalized spacial score (nSPS) is 14.8. The molecule has 1 rings (SSSR count). The number of carbonyl (C=O) groups is 1. The van der Waals surface area contributed by atoms with Crippen molar-refractivity contribution >= 4 is 17.7 Å². The first kappa shape index (κ1) is 26.6. The van der Waals surface area contributed by atoms with Crippen molar-refractivity contribution in [3.63, 3.8) is 0 Å². The van der Waals surface area contributed by atoms with Gasteiger partial charge in [0, 0.05) is 12.6 Å². The van der Waals surface area contributed by atoms with Crippen LogP contribution in [0.3, 0.4) is 0 Å². The third kappa shape index (κ3) is 4.59. The largest absolute Gasteiger partial charge is 0.460 e. The average Bonchev–Trinajstić information content (AvgIpc) is 2.59. The van der Waals surface area contributed by atoms with E-state index in [0.717, 1.165) is 31.2 Å². The molecule has 0 aromatic heterocycles. The van der Waals surface area contributed by atoms with E-state index in [1.165, 1.54) is 0 Å². The molecule has 31 heavy (non-hydrogen) atoms. The van der Waals surface area contributed by atoms with E-state index in [-0.39, 0.29) is 11.8 Å². The van der Waals surface area contributed by atoms with Crippen LogP contribution in [0.2, 0.25) is 0 Å². The van der Waals surface area contributed by atoms with Crippen LogP contribution in [0, 0.1) is 0 Å². The van der Waals surface area contributed by atoms with Crippen molar-refractivity contribution in [1.29, 1.82) is 0 Å². The molecular weight excluding hydrogens is 469 g/mol. The molecule has 0 radical (unpaired) electrons. The van der Waals surface area contributed by atoms with Gasteiger partial charge in [-0.15, -0.1) is 0 Å². The van der Waals surface area contributed by atoms with Crippen molar-refractivity contribution in [1.82, 2.24) is 0 Å². The van der Waals surface area contributed by atoms with Gasteiger partial charge in [0.15, 0.2) is 0 Å². The summed E-state index contributed by atoms with van der Waals surface area (Å²) >= 11 is 0. The first-order valence-corrected chi connectivity index (χ1v) is 7.64. The van der Waals surface area contributed by atoms with Crippen molar-refractivity contribution < 1.29 is 61.9 Å². The Labute approximate surface area is 164 Å². The number of rotatable bonds is 7. The molecule has 0 aliphatic rings. The van der Waals surface area contributed by atoms with E-state index in [4.69, 9.17) is 0 Å². The van der Waals surface area contributed by atoms with Gasteiger partial charge >= 0.3 is 35.8 Å². The Bertz CT molecular complexity index is 825. The first-order valence-electron chi connectivity index (χ1n) is 7.64. The van der Waals surface area contributed by atoms with E-state index < -0.39 is 53.3 Å². The number of benzene rings is 1. The number of anilines is 1. The lowest BCUT2D eigenvalue weighted by molar-refractivity contribution is -0.436. The maximum absolute atomic E-state index is 13.6. The van der Waals surface area contributed by atoms with Crippen molar-refractivity contribution in [2.24, 2.45) is 0 Å². The molecule has 0 bridgehead atoms. The average molecular weight is 479 g/mol. The van der Waals surface area contributed by atoms with Gasteiger partial charge in [-0.05, 0) is 23.8 Å². The molecule has 15 heteroatoms. The summed E-state index contributed by atoms with van der Waals surface area (Å²) in [6.45, 7) is 1.09. The van der Waals surface area contributed by atoms with E-state index in [9.17, 15) is 61.9 Å². The van der Waals surface area contributed by atoms with Crippen LogP contribution < -0.4 is 5.32 Å². The molecule has 2 nitrogen and oxygen atoms in total. The summed E-state index contributed by atoms with van der Waals surface area (Å²) in [5.41, 5.74) is -0.345. The molecule has 0 atom stereocenters. The predicted molar refractivity (Wildman–Crippen MR) is 80.6 cm³/mol. The quantitative estimate of drug-likeness (QED) is 0.451. The highest BCUT2D eigenvalue weighted by Crippen LogP contribution is 2.60. The van der Waals surface area contributed by atoms with Gasteiger partial charge in [-0.1, -0.05) is 18.2 Å². The second-order valence-corrected chi connectivity index (χ2v) is 6.05. The standard InChI is InChI=1S/C16H10F13NO/c1-8(31)30-10-4-2-9(3-5-10)6-7-11(17,18)12(19,20)13(21,22)14(23,24)15(25,26)16(27,28)29/h2-7H,1H3,(H,30,31)/b7-6+. The van der Waals surface area contributed by atoms with E-state index in [0.29, 0.717) is 0 Å². The lowest BCUT2D eigenvalue weighted by Gasteiger charge is -2.39. The number of amides is 1. The Morgan fingerprint density at radius 1 is 0.710 bits per heavy atom. The van der Waals surface area contributed by atoms with E-state index in [1.807, 2.05) is 0 Å². The van der Waals surface area contributed by atoms with Gasteiger partial charge in [0.25, 0.3) is 0 Å². The molecule has 1 aromatic carbocycles. The number of alkyl halides is 13. The number of hydrogen-bond donors (Lipinski definition) is 1. The fourth-order valence-corrected chi connectivity index (χ4v) is 1.97. The van der Waals surface area contributed by atoms with Gasteiger partial charge in [-0.25, -0.2) is 0 Å². The fourth-order valence-electron chi connectivity index (χ4n) is 1.97. The Hall–Kier alpha value is -2.48. The number of allylic oxidation sites excluding steroid dienone is 1. The van der Waals surface area contributed by atoms with Crippen LogP contribution in [-0.2, 0) is 4.79 Å². The van der Waals surface area contributed by atoms with Crippen molar-refractivity contribution in [3.05, 3.63) is 35.9 Å². The van der Waals surface area contributed by atoms with E-state index in [1.54, 1.807) is 0 Å². The topological polar surface area (TPSA) is 29.1 Å². The molecular formula is C16H10F13NO. The van der Waals surface area contributed by atoms with Crippen LogP contribution in [0.1, 0.15) is 12.5 Å². The minimum Gasteiger partial charge on any atom is -0.326 e. The molecule has 176 valence electrons. The molecule has 0 aliphatic heterocycles. The minimum absolute atomic E-state index is 0.00157. The summed E-state index contributed by atoms with van der Waals surface area (Å²) in [7, 11) is 0. The number of carbonyl (C=O) groups excluding carboxylic acids is 1. The van der Waals surface area contributed by atoms with Gasteiger partial charge in [0.2, 0.25) is 5.91 Å². The van der Waals surface area contributed by atoms with Crippen LogP contribution >= 0.6 is 0 Å². The molecule has 1 N–H and O–H groups in total. The fraction of sp³-hybridized carbons (Fsp3) is 0.438. The van der Waals surface area contributed by atoms with Crippen molar-refractivity contribution in [2.75, 3.05) is 5.32 Å². The Kier molecular flexibility index (Phi) is 6.76. The molecule has 0 unspecified atom stereocenters. The number of halogens is 13. The molecule has 0 fully saturated rings. The third-order valence-electron chi connectivity index (χ3n) is 3.67. The summed E-state index contributed by atoms with van der Waals surface area (Å²) in [4.78, 5) is 10.8. The van der Waals surface area contributed by atoms with Gasteiger partial charge in [-0.3, -0.25) is 4.79 Å². The number of nitrogens with one attached hydrogen (secondary N) is 1. The van der Waals surface area contributed by atoms with Gasteiger partial charge in [-0.2, -0.15) is 57.1 Å². The van der Waals surface area contributed by atoms with E-state index >= 15 is 0 Å².